The molecule has 2 aromatic rings. The van der Waals surface area contributed by atoms with Gasteiger partial charge < -0.3 is 15.4 Å². The van der Waals surface area contributed by atoms with Crippen LogP contribution in [-0.2, 0) is 26.1 Å². The molecule has 2 N–H and O–H groups in total. The van der Waals surface area contributed by atoms with Crippen molar-refractivity contribution in [3.05, 3.63) is 58.6 Å². The molecule has 0 spiro atoms. The molecule has 9 heteroatoms. The Morgan fingerprint density at radius 2 is 1.90 bits per heavy atom. The van der Waals surface area contributed by atoms with E-state index < -0.39 is 10.0 Å². The number of aryl methyl sites for hydroxylation is 1. The first-order valence-electron chi connectivity index (χ1n) is 9.30. The Morgan fingerprint density at radius 1 is 1.17 bits per heavy atom. The fourth-order valence-electron chi connectivity index (χ4n) is 2.98. The van der Waals surface area contributed by atoms with Crippen LogP contribution < -0.4 is 10.6 Å². The number of amides is 1. The molecule has 3 rings (SSSR count). The highest BCUT2D eigenvalue weighted by Crippen LogP contribution is 2.23. The Hall–Kier alpha value is -1.97. The fraction of sp³-hybridized carbons (Fsp3) is 0.350. The van der Waals surface area contributed by atoms with Crippen LogP contribution in [0.15, 0.2) is 47.4 Å². The molecule has 7 nitrogen and oxygen atoms in total. The molecule has 0 atom stereocenters. The number of anilines is 1. The quantitative estimate of drug-likeness (QED) is 0.694. The number of nitrogens with zero attached hydrogens (tertiary/aromatic N) is 1. The minimum absolute atomic E-state index is 0.0745. The highest BCUT2D eigenvalue weighted by molar-refractivity contribution is 7.89. The van der Waals surface area contributed by atoms with Crippen molar-refractivity contribution >= 4 is 33.2 Å². The van der Waals surface area contributed by atoms with Gasteiger partial charge in [0.15, 0.2) is 0 Å². The van der Waals surface area contributed by atoms with E-state index in [1.165, 1.54) is 10.4 Å². The maximum Gasteiger partial charge on any atom is 0.243 e. The second-order valence-corrected chi connectivity index (χ2v) is 9.08. The minimum atomic E-state index is -3.62. The average Bonchev–Trinajstić information content (AvgIpc) is 2.71. The summed E-state index contributed by atoms with van der Waals surface area (Å²) in [6.07, 6.45) is 0. The van der Waals surface area contributed by atoms with Crippen LogP contribution in [0, 0.1) is 6.92 Å². The van der Waals surface area contributed by atoms with Crippen LogP contribution >= 0.6 is 11.6 Å². The third-order valence-corrected chi connectivity index (χ3v) is 6.91. The molecule has 0 aliphatic carbocycles. The van der Waals surface area contributed by atoms with Gasteiger partial charge in [-0.15, -0.1) is 0 Å². The SMILES string of the molecule is Cc1ccc(S(=O)(=O)N2CCOCC2)cc1NC(=O)CNCc1ccccc1Cl. The summed E-state index contributed by atoms with van der Waals surface area (Å²) in [6, 6.07) is 12.2. The summed E-state index contributed by atoms with van der Waals surface area (Å²) in [6.45, 7) is 3.76. The Bertz CT molecular complexity index is 975. The number of ether oxygens (including phenoxy) is 1. The summed E-state index contributed by atoms with van der Waals surface area (Å²) in [4.78, 5) is 12.5. The van der Waals surface area contributed by atoms with Gasteiger partial charge in [0.1, 0.15) is 0 Å². The molecule has 1 saturated heterocycles. The van der Waals surface area contributed by atoms with E-state index in [1.807, 2.05) is 25.1 Å². The lowest BCUT2D eigenvalue weighted by Crippen LogP contribution is -2.40. The molecule has 1 aliphatic heterocycles. The smallest absolute Gasteiger partial charge is 0.243 e. The molecule has 29 heavy (non-hydrogen) atoms. The molecule has 0 radical (unpaired) electrons. The third kappa shape index (κ3) is 5.55. The molecule has 0 aromatic heterocycles. The van der Waals surface area contributed by atoms with Gasteiger partial charge in [-0.1, -0.05) is 35.9 Å². The van der Waals surface area contributed by atoms with Crippen molar-refractivity contribution in [2.24, 2.45) is 0 Å². The number of rotatable bonds is 7. The van der Waals surface area contributed by atoms with Gasteiger partial charge in [-0.3, -0.25) is 4.79 Å². The highest BCUT2D eigenvalue weighted by atomic mass is 35.5. The zero-order valence-electron chi connectivity index (χ0n) is 16.2. The predicted octanol–water partition coefficient (Wildman–Crippen LogP) is 2.40. The standard InChI is InChI=1S/C20H24ClN3O4S/c1-15-6-7-17(29(26,27)24-8-10-28-11-9-24)12-19(15)23-20(25)14-22-13-16-4-2-3-5-18(16)21/h2-7,12,22H,8-11,13-14H2,1H3,(H,23,25). The number of benzene rings is 2. The zero-order valence-corrected chi connectivity index (χ0v) is 17.7. The van der Waals surface area contributed by atoms with Gasteiger partial charge in [0.05, 0.1) is 24.7 Å². The highest BCUT2D eigenvalue weighted by Gasteiger charge is 2.26. The zero-order chi connectivity index (χ0) is 20.9. The largest absolute Gasteiger partial charge is 0.379 e. The first kappa shape index (κ1) is 21.7. The topological polar surface area (TPSA) is 87.7 Å². The molecular weight excluding hydrogens is 414 g/mol. The Kier molecular flexibility index (Phi) is 7.26. The van der Waals surface area contributed by atoms with Crippen molar-refractivity contribution in [2.75, 3.05) is 38.2 Å². The van der Waals surface area contributed by atoms with E-state index in [4.69, 9.17) is 16.3 Å². The van der Waals surface area contributed by atoms with Crippen molar-refractivity contribution in [1.82, 2.24) is 9.62 Å². The van der Waals surface area contributed by atoms with Crippen LogP contribution in [0.25, 0.3) is 0 Å². The van der Waals surface area contributed by atoms with Crippen molar-refractivity contribution in [1.29, 1.82) is 0 Å². The Balaban J connectivity index is 1.63. The van der Waals surface area contributed by atoms with Gasteiger partial charge in [0.25, 0.3) is 0 Å². The molecule has 2 aromatic carbocycles. The number of halogens is 1. The summed E-state index contributed by atoms with van der Waals surface area (Å²) in [5, 5.41) is 6.46. The average molecular weight is 438 g/mol. The van der Waals surface area contributed by atoms with E-state index in [0.29, 0.717) is 43.6 Å². The van der Waals surface area contributed by atoms with E-state index in [-0.39, 0.29) is 17.3 Å². The molecule has 0 unspecified atom stereocenters. The van der Waals surface area contributed by atoms with Gasteiger partial charge in [0.2, 0.25) is 15.9 Å². The molecular formula is C20H24ClN3O4S. The van der Waals surface area contributed by atoms with E-state index in [1.54, 1.807) is 18.2 Å². The van der Waals surface area contributed by atoms with Crippen LogP contribution in [0.1, 0.15) is 11.1 Å². The monoisotopic (exact) mass is 437 g/mol. The number of carbonyl (C=O) groups excluding carboxylic acids is 1. The summed E-state index contributed by atoms with van der Waals surface area (Å²) < 4.78 is 32.3. The number of carbonyl (C=O) groups is 1. The van der Waals surface area contributed by atoms with Crippen molar-refractivity contribution in [2.45, 2.75) is 18.4 Å². The maximum atomic E-state index is 12.8. The molecule has 1 heterocycles. The summed E-state index contributed by atoms with van der Waals surface area (Å²) >= 11 is 6.11. The third-order valence-electron chi connectivity index (χ3n) is 4.65. The lowest BCUT2D eigenvalue weighted by atomic mass is 10.2. The summed E-state index contributed by atoms with van der Waals surface area (Å²) in [5.74, 6) is -0.263. The van der Waals surface area contributed by atoms with E-state index >= 15 is 0 Å². The van der Waals surface area contributed by atoms with Crippen molar-refractivity contribution < 1.29 is 17.9 Å². The van der Waals surface area contributed by atoms with Crippen LogP contribution in [0.5, 0.6) is 0 Å². The molecule has 0 bridgehead atoms. The van der Waals surface area contributed by atoms with Crippen LogP contribution in [0.2, 0.25) is 5.02 Å². The van der Waals surface area contributed by atoms with Crippen LogP contribution in [0.4, 0.5) is 5.69 Å². The maximum absolute atomic E-state index is 12.8. The Morgan fingerprint density at radius 3 is 2.62 bits per heavy atom. The molecule has 1 aliphatic rings. The van der Waals surface area contributed by atoms with Gasteiger partial charge in [-0.2, -0.15) is 4.31 Å². The first-order chi connectivity index (χ1) is 13.9. The minimum Gasteiger partial charge on any atom is -0.379 e. The Labute approximate surface area is 176 Å². The van der Waals surface area contributed by atoms with Gasteiger partial charge in [0, 0.05) is 30.3 Å². The second-order valence-electron chi connectivity index (χ2n) is 6.74. The van der Waals surface area contributed by atoms with Crippen molar-refractivity contribution in [3.63, 3.8) is 0 Å². The van der Waals surface area contributed by atoms with Crippen LogP contribution in [0.3, 0.4) is 0 Å². The lowest BCUT2D eigenvalue weighted by molar-refractivity contribution is -0.115. The molecule has 156 valence electrons. The molecule has 0 saturated carbocycles. The number of morpholine rings is 1. The van der Waals surface area contributed by atoms with E-state index in [0.717, 1.165) is 11.1 Å². The normalized spacial score (nSPS) is 15.2. The molecule has 1 amide bonds. The summed E-state index contributed by atoms with van der Waals surface area (Å²) in [7, 11) is -3.62. The predicted molar refractivity (Wildman–Crippen MR) is 113 cm³/mol. The number of hydrogen-bond donors (Lipinski definition) is 2. The van der Waals surface area contributed by atoms with Gasteiger partial charge in [-0.25, -0.2) is 8.42 Å². The number of sulfonamides is 1. The number of nitrogens with one attached hydrogen (secondary N) is 2. The van der Waals surface area contributed by atoms with Crippen molar-refractivity contribution in [3.8, 4) is 0 Å². The van der Waals surface area contributed by atoms with Gasteiger partial charge >= 0.3 is 0 Å². The second kappa shape index (κ2) is 9.69. The first-order valence-corrected chi connectivity index (χ1v) is 11.1. The van der Waals surface area contributed by atoms with Crippen LogP contribution in [-0.4, -0.2) is 51.5 Å². The summed E-state index contributed by atoms with van der Waals surface area (Å²) in [5.41, 5.74) is 2.16. The lowest BCUT2D eigenvalue weighted by Gasteiger charge is -2.26. The number of hydrogen-bond acceptors (Lipinski definition) is 5. The fourth-order valence-corrected chi connectivity index (χ4v) is 4.62. The van der Waals surface area contributed by atoms with Gasteiger partial charge in [-0.05, 0) is 36.2 Å². The van der Waals surface area contributed by atoms with E-state index in [2.05, 4.69) is 10.6 Å². The molecule has 1 fully saturated rings. The van der Waals surface area contributed by atoms with E-state index in [9.17, 15) is 13.2 Å².